The Morgan fingerprint density at radius 1 is 1.00 bits per heavy atom. The number of nitrogens with one attached hydrogen (secondary N) is 1. The first kappa shape index (κ1) is 19.6. The Balaban J connectivity index is 1.52. The van der Waals surface area contributed by atoms with Crippen LogP contribution >= 0.6 is 0 Å². The van der Waals surface area contributed by atoms with Gasteiger partial charge in [-0.05, 0) is 38.0 Å². The summed E-state index contributed by atoms with van der Waals surface area (Å²) < 4.78 is 14.3. The summed E-state index contributed by atoms with van der Waals surface area (Å²) in [6.07, 6.45) is 8.35. The SMILES string of the molecule is CC(=O)c1ccc(N2CCN(C(=O)NC3CCCCCCC3)CC2)c(F)c1. The number of carbonyl (C=O) groups is 2. The van der Waals surface area contributed by atoms with Crippen molar-refractivity contribution in [2.24, 2.45) is 0 Å². The van der Waals surface area contributed by atoms with Gasteiger partial charge in [-0.25, -0.2) is 9.18 Å². The van der Waals surface area contributed by atoms with E-state index in [0.717, 1.165) is 12.8 Å². The van der Waals surface area contributed by atoms with Gasteiger partial charge in [-0.15, -0.1) is 0 Å². The standard InChI is InChI=1S/C21H30FN3O2/c1-16(26)17-9-10-20(19(22)15-17)24-11-13-25(14-12-24)21(27)23-18-7-5-3-2-4-6-8-18/h9-10,15,18H,2-8,11-14H2,1H3,(H,23,27). The summed E-state index contributed by atoms with van der Waals surface area (Å²) in [7, 11) is 0. The van der Waals surface area contributed by atoms with E-state index in [1.807, 2.05) is 9.80 Å². The van der Waals surface area contributed by atoms with Crippen LogP contribution in [0.5, 0.6) is 0 Å². The molecule has 3 rings (SSSR count). The van der Waals surface area contributed by atoms with E-state index in [4.69, 9.17) is 0 Å². The topological polar surface area (TPSA) is 52.7 Å². The van der Waals surface area contributed by atoms with Crippen molar-refractivity contribution in [1.29, 1.82) is 0 Å². The number of benzene rings is 1. The minimum Gasteiger partial charge on any atom is -0.366 e. The van der Waals surface area contributed by atoms with Crippen LogP contribution in [0.15, 0.2) is 18.2 Å². The van der Waals surface area contributed by atoms with Crippen LogP contribution in [0.25, 0.3) is 0 Å². The predicted molar refractivity (Wildman–Crippen MR) is 105 cm³/mol. The number of urea groups is 1. The van der Waals surface area contributed by atoms with Gasteiger partial charge in [-0.1, -0.05) is 32.1 Å². The van der Waals surface area contributed by atoms with Gasteiger partial charge >= 0.3 is 6.03 Å². The largest absolute Gasteiger partial charge is 0.366 e. The molecular formula is C21H30FN3O2. The Hall–Kier alpha value is -2.11. The quantitative estimate of drug-likeness (QED) is 0.813. The van der Waals surface area contributed by atoms with Gasteiger partial charge in [0.1, 0.15) is 5.82 Å². The number of nitrogens with zero attached hydrogens (tertiary/aromatic N) is 2. The molecule has 0 spiro atoms. The first-order chi connectivity index (χ1) is 13.0. The Morgan fingerprint density at radius 2 is 1.63 bits per heavy atom. The zero-order chi connectivity index (χ0) is 19.2. The number of ketones is 1. The third-order valence-electron chi connectivity index (χ3n) is 5.69. The van der Waals surface area contributed by atoms with E-state index in [0.29, 0.717) is 37.4 Å². The molecule has 0 radical (unpaired) electrons. The molecule has 0 bridgehead atoms. The van der Waals surface area contributed by atoms with Crippen molar-refractivity contribution in [2.45, 2.75) is 57.9 Å². The van der Waals surface area contributed by atoms with E-state index in [9.17, 15) is 14.0 Å². The van der Waals surface area contributed by atoms with E-state index in [1.54, 1.807) is 12.1 Å². The fourth-order valence-corrected chi connectivity index (χ4v) is 4.00. The van der Waals surface area contributed by atoms with Crippen molar-refractivity contribution < 1.29 is 14.0 Å². The van der Waals surface area contributed by atoms with E-state index in [2.05, 4.69) is 5.32 Å². The number of hydrogen-bond acceptors (Lipinski definition) is 3. The van der Waals surface area contributed by atoms with Crippen molar-refractivity contribution in [3.63, 3.8) is 0 Å². The van der Waals surface area contributed by atoms with Crippen LogP contribution < -0.4 is 10.2 Å². The maximum Gasteiger partial charge on any atom is 0.317 e. The molecule has 1 aromatic rings. The molecular weight excluding hydrogens is 345 g/mol. The average Bonchev–Trinajstić information content (AvgIpc) is 2.63. The lowest BCUT2D eigenvalue weighted by molar-refractivity contribution is 0.101. The number of hydrogen-bond donors (Lipinski definition) is 1. The van der Waals surface area contributed by atoms with E-state index >= 15 is 0 Å². The molecule has 1 aliphatic carbocycles. The van der Waals surface area contributed by atoms with Crippen LogP contribution in [0.2, 0.25) is 0 Å². The first-order valence-corrected chi connectivity index (χ1v) is 10.2. The van der Waals surface area contributed by atoms with Gasteiger partial charge in [0.25, 0.3) is 0 Å². The maximum absolute atomic E-state index is 14.3. The lowest BCUT2D eigenvalue weighted by Crippen LogP contribution is -2.53. The van der Waals surface area contributed by atoms with Gasteiger partial charge in [0.15, 0.2) is 5.78 Å². The van der Waals surface area contributed by atoms with Gasteiger partial charge in [0.2, 0.25) is 0 Å². The number of carbonyl (C=O) groups excluding carboxylic acids is 2. The highest BCUT2D eigenvalue weighted by molar-refractivity contribution is 5.94. The van der Waals surface area contributed by atoms with Gasteiger partial charge < -0.3 is 15.1 Å². The summed E-state index contributed by atoms with van der Waals surface area (Å²) in [5, 5.41) is 3.20. The smallest absolute Gasteiger partial charge is 0.317 e. The molecule has 1 heterocycles. The molecule has 1 aromatic carbocycles. The van der Waals surface area contributed by atoms with E-state index in [1.165, 1.54) is 45.1 Å². The second kappa shape index (κ2) is 9.20. The molecule has 0 atom stereocenters. The third-order valence-corrected chi connectivity index (χ3v) is 5.69. The van der Waals surface area contributed by atoms with E-state index < -0.39 is 0 Å². The molecule has 0 aromatic heterocycles. The summed E-state index contributed by atoms with van der Waals surface area (Å²) in [6.45, 7) is 3.77. The highest BCUT2D eigenvalue weighted by atomic mass is 19.1. The van der Waals surface area contributed by atoms with Gasteiger partial charge in [0.05, 0.1) is 5.69 Å². The Bertz CT molecular complexity index is 663. The van der Waals surface area contributed by atoms with Crippen LogP contribution in [0.3, 0.4) is 0 Å². The minimum absolute atomic E-state index is 0.00706. The number of rotatable bonds is 3. The summed E-state index contributed by atoms with van der Waals surface area (Å²) in [5.41, 5.74) is 0.883. The van der Waals surface area contributed by atoms with Crippen molar-refractivity contribution in [3.05, 3.63) is 29.6 Å². The second-order valence-electron chi connectivity index (χ2n) is 7.69. The van der Waals surface area contributed by atoms with E-state index in [-0.39, 0.29) is 23.7 Å². The Labute approximate surface area is 160 Å². The highest BCUT2D eigenvalue weighted by Crippen LogP contribution is 2.23. The highest BCUT2D eigenvalue weighted by Gasteiger charge is 2.24. The monoisotopic (exact) mass is 375 g/mol. The zero-order valence-corrected chi connectivity index (χ0v) is 16.2. The van der Waals surface area contributed by atoms with Crippen molar-refractivity contribution in [3.8, 4) is 0 Å². The lowest BCUT2D eigenvalue weighted by atomic mass is 9.97. The fourth-order valence-electron chi connectivity index (χ4n) is 4.00. The third kappa shape index (κ3) is 5.21. The number of halogens is 1. The average molecular weight is 375 g/mol. The Morgan fingerprint density at radius 3 is 2.22 bits per heavy atom. The van der Waals surface area contributed by atoms with Crippen LogP contribution in [0.1, 0.15) is 62.2 Å². The fraction of sp³-hybridized carbons (Fsp3) is 0.619. The Kier molecular flexibility index (Phi) is 6.69. The molecule has 2 fully saturated rings. The molecule has 5 nitrogen and oxygen atoms in total. The normalized spacial score (nSPS) is 19.3. The summed E-state index contributed by atoms with van der Waals surface area (Å²) in [4.78, 5) is 27.7. The number of amides is 2. The number of Topliss-reactive ketones (excluding diaryl/α,β-unsaturated/α-hetero) is 1. The van der Waals surface area contributed by atoms with Gasteiger partial charge in [0, 0.05) is 37.8 Å². The molecule has 148 valence electrons. The molecule has 2 aliphatic rings. The van der Waals surface area contributed by atoms with Crippen LogP contribution in [0, 0.1) is 5.82 Å². The maximum atomic E-state index is 14.3. The van der Waals surface area contributed by atoms with Crippen LogP contribution in [-0.2, 0) is 0 Å². The van der Waals surface area contributed by atoms with Crippen LogP contribution in [-0.4, -0.2) is 48.9 Å². The first-order valence-electron chi connectivity index (χ1n) is 10.2. The summed E-state index contributed by atoms with van der Waals surface area (Å²) in [6, 6.07) is 4.91. The molecule has 2 amide bonds. The van der Waals surface area contributed by atoms with Crippen molar-refractivity contribution in [1.82, 2.24) is 10.2 Å². The van der Waals surface area contributed by atoms with Crippen LogP contribution in [0.4, 0.5) is 14.9 Å². The van der Waals surface area contributed by atoms with Crippen molar-refractivity contribution >= 4 is 17.5 Å². The summed E-state index contributed by atoms with van der Waals surface area (Å²) in [5.74, 6) is -0.522. The number of anilines is 1. The molecule has 1 saturated carbocycles. The molecule has 1 aliphatic heterocycles. The molecule has 1 saturated heterocycles. The number of piperazine rings is 1. The molecule has 0 unspecified atom stereocenters. The molecule has 27 heavy (non-hydrogen) atoms. The lowest BCUT2D eigenvalue weighted by Gasteiger charge is -2.37. The predicted octanol–water partition coefficient (Wildman–Crippen LogP) is 3.97. The second-order valence-corrected chi connectivity index (χ2v) is 7.69. The molecule has 1 N–H and O–H groups in total. The zero-order valence-electron chi connectivity index (χ0n) is 16.2. The summed E-state index contributed by atoms with van der Waals surface area (Å²) >= 11 is 0. The van der Waals surface area contributed by atoms with Gasteiger partial charge in [-0.2, -0.15) is 0 Å². The van der Waals surface area contributed by atoms with Gasteiger partial charge in [-0.3, -0.25) is 4.79 Å². The molecule has 6 heteroatoms. The minimum atomic E-state index is -0.380. The van der Waals surface area contributed by atoms with Crippen molar-refractivity contribution in [2.75, 3.05) is 31.1 Å².